The molecule has 8 nitrogen and oxygen atoms in total. The molecule has 170 valence electrons. The lowest BCUT2D eigenvalue weighted by Crippen LogP contribution is -2.35. The largest absolute Gasteiger partial charge is 0.405 e. The number of alkyl halides is 3. The molecule has 0 radical (unpaired) electrons. The highest BCUT2D eigenvalue weighted by Crippen LogP contribution is 2.46. The molecular weight excluding hydrogens is 437 g/mol. The maximum atomic E-state index is 13.3. The lowest BCUT2D eigenvalue weighted by molar-refractivity contribution is -0.123. The predicted octanol–water partition coefficient (Wildman–Crippen LogP) is 3.49. The summed E-state index contributed by atoms with van der Waals surface area (Å²) >= 11 is 0. The van der Waals surface area contributed by atoms with Crippen molar-refractivity contribution in [2.75, 3.05) is 11.4 Å². The summed E-state index contributed by atoms with van der Waals surface area (Å²) in [5.74, 6) is -0.701. The van der Waals surface area contributed by atoms with Gasteiger partial charge in [0.2, 0.25) is 5.91 Å². The number of amides is 2. The second-order valence-corrected chi connectivity index (χ2v) is 8.08. The molecule has 0 spiro atoms. The molecule has 0 saturated carbocycles. The van der Waals surface area contributed by atoms with Crippen molar-refractivity contribution in [3.63, 3.8) is 0 Å². The molecule has 0 atom stereocenters. The van der Waals surface area contributed by atoms with Crippen LogP contribution in [0.1, 0.15) is 35.7 Å². The molecule has 11 heteroatoms. The maximum absolute atomic E-state index is 13.3. The van der Waals surface area contributed by atoms with E-state index in [1.165, 1.54) is 11.1 Å². The van der Waals surface area contributed by atoms with Crippen LogP contribution in [0.5, 0.6) is 0 Å². The Bertz CT molecular complexity index is 1240. The van der Waals surface area contributed by atoms with Crippen LogP contribution in [-0.4, -0.2) is 44.5 Å². The van der Waals surface area contributed by atoms with Gasteiger partial charge < -0.3 is 5.32 Å². The number of aromatic nitrogens is 4. The standard InChI is InChI=1S/C22H19F3N6O2/c1-12-27-7-14(8-28-12)13-4-5-15-17(6-13)31(20(33)21(15,2)3)18-10-26-9-16(30-18)19(32)29-11-22(23,24)25/h4-10H,11H2,1-3H3,(H,29,32). The van der Waals surface area contributed by atoms with E-state index in [9.17, 15) is 22.8 Å². The molecule has 2 aromatic heterocycles. The first-order valence-corrected chi connectivity index (χ1v) is 9.92. The van der Waals surface area contributed by atoms with E-state index in [1.807, 2.05) is 12.1 Å². The zero-order valence-electron chi connectivity index (χ0n) is 17.9. The highest BCUT2D eigenvalue weighted by Gasteiger charge is 2.45. The summed E-state index contributed by atoms with van der Waals surface area (Å²) in [5.41, 5.74) is 1.54. The number of hydrogen-bond donors (Lipinski definition) is 1. The summed E-state index contributed by atoms with van der Waals surface area (Å²) in [5, 5.41) is 1.75. The normalized spacial score (nSPS) is 14.8. The minimum atomic E-state index is -4.56. The minimum absolute atomic E-state index is 0.0313. The van der Waals surface area contributed by atoms with Gasteiger partial charge in [-0.2, -0.15) is 13.2 Å². The number of halogens is 3. The summed E-state index contributed by atoms with van der Waals surface area (Å²) in [6.07, 6.45) is 1.10. The molecule has 0 unspecified atom stereocenters. The van der Waals surface area contributed by atoms with Gasteiger partial charge in [-0.25, -0.2) is 15.0 Å². The van der Waals surface area contributed by atoms with E-state index in [0.29, 0.717) is 11.5 Å². The average Bonchev–Trinajstić information content (AvgIpc) is 2.97. The predicted molar refractivity (Wildman–Crippen MR) is 113 cm³/mol. The number of rotatable bonds is 4. The first-order valence-electron chi connectivity index (χ1n) is 9.92. The highest BCUT2D eigenvalue weighted by molar-refractivity contribution is 6.12. The summed E-state index contributed by atoms with van der Waals surface area (Å²) < 4.78 is 37.3. The monoisotopic (exact) mass is 456 g/mol. The van der Waals surface area contributed by atoms with Crippen molar-refractivity contribution in [3.8, 4) is 11.1 Å². The van der Waals surface area contributed by atoms with Crippen molar-refractivity contribution in [1.82, 2.24) is 25.3 Å². The molecule has 0 aliphatic carbocycles. The number of aryl methyl sites for hydroxylation is 1. The van der Waals surface area contributed by atoms with Crippen molar-refractivity contribution in [2.45, 2.75) is 32.4 Å². The molecule has 1 aliphatic heterocycles. The van der Waals surface area contributed by atoms with Gasteiger partial charge in [-0.3, -0.25) is 19.5 Å². The molecule has 33 heavy (non-hydrogen) atoms. The Morgan fingerprint density at radius 1 is 1.09 bits per heavy atom. The minimum Gasteiger partial charge on any atom is -0.342 e. The van der Waals surface area contributed by atoms with Gasteiger partial charge in [-0.1, -0.05) is 12.1 Å². The molecule has 3 aromatic rings. The third kappa shape index (κ3) is 4.26. The number of carbonyl (C=O) groups is 2. The van der Waals surface area contributed by atoms with Gasteiger partial charge in [0, 0.05) is 18.0 Å². The lowest BCUT2D eigenvalue weighted by Gasteiger charge is -2.19. The van der Waals surface area contributed by atoms with Gasteiger partial charge in [-0.05, 0) is 38.0 Å². The van der Waals surface area contributed by atoms with Crippen LogP contribution >= 0.6 is 0 Å². The van der Waals surface area contributed by atoms with Gasteiger partial charge in [0.1, 0.15) is 18.1 Å². The van der Waals surface area contributed by atoms with Crippen molar-refractivity contribution < 1.29 is 22.8 Å². The number of hydrogen-bond acceptors (Lipinski definition) is 6. The van der Waals surface area contributed by atoms with Gasteiger partial charge >= 0.3 is 6.18 Å². The van der Waals surface area contributed by atoms with Gasteiger partial charge in [0.15, 0.2) is 5.82 Å². The molecular formula is C22H19F3N6O2. The fourth-order valence-corrected chi connectivity index (χ4v) is 3.54. The second kappa shape index (κ2) is 7.91. The number of carbonyl (C=O) groups excluding carboxylic acids is 2. The maximum Gasteiger partial charge on any atom is 0.405 e. The Morgan fingerprint density at radius 3 is 2.45 bits per heavy atom. The Labute approximate surface area is 186 Å². The van der Waals surface area contributed by atoms with E-state index in [-0.39, 0.29) is 17.4 Å². The van der Waals surface area contributed by atoms with Crippen LogP contribution in [0, 0.1) is 6.92 Å². The average molecular weight is 456 g/mol. The van der Waals surface area contributed by atoms with Crippen LogP contribution in [0.15, 0.2) is 43.0 Å². The van der Waals surface area contributed by atoms with E-state index < -0.39 is 24.0 Å². The van der Waals surface area contributed by atoms with E-state index >= 15 is 0 Å². The number of fused-ring (bicyclic) bond motifs is 1. The molecule has 1 aliphatic rings. The van der Waals surface area contributed by atoms with Crippen LogP contribution in [0.3, 0.4) is 0 Å². The molecule has 3 heterocycles. The highest BCUT2D eigenvalue weighted by atomic mass is 19.4. The van der Waals surface area contributed by atoms with E-state index in [2.05, 4.69) is 19.9 Å². The van der Waals surface area contributed by atoms with Crippen LogP contribution in [0.4, 0.5) is 24.7 Å². The zero-order chi connectivity index (χ0) is 24.0. The first kappa shape index (κ1) is 22.3. The molecule has 1 aromatic carbocycles. The molecule has 4 rings (SSSR count). The summed E-state index contributed by atoms with van der Waals surface area (Å²) in [4.78, 5) is 43.2. The zero-order valence-corrected chi connectivity index (χ0v) is 17.9. The summed E-state index contributed by atoms with van der Waals surface area (Å²) in [6.45, 7) is 3.79. The van der Waals surface area contributed by atoms with E-state index in [1.54, 1.807) is 44.5 Å². The SMILES string of the molecule is Cc1ncc(-c2ccc3c(c2)N(c2cncc(C(=O)NCC(F)(F)F)n2)C(=O)C3(C)C)cn1. The first-order chi connectivity index (χ1) is 15.5. The van der Waals surface area contributed by atoms with Crippen LogP contribution in [0.2, 0.25) is 0 Å². The van der Waals surface area contributed by atoms with Crippen LogP contribution < -0.4 is 10.2 Å². The van der Waals surface area contributed by atoms with Gasteiger partial charge in [0.05, 0.1) is 23.5 Å². The van der Waals surface area contributed by atoms with Crippen molar-refractivity contribution >= 4 is 23.3 Å². The van der Waals surface area contributed by atoms with Gasteiger partial charge in [0.25, 0.3) is 5.91 Å². The molecule has 2 amide bonds. The summed E-state index contributed by atoms with van der Waals surface area (Å²) in [7, 11) is 0. The Morgan fingerprint density at radius 2 is 1.79 bits per heavy atom. The lowest BCUT2D eigenvalue weighted by atomic mass is 9.85. The number of nitrogens with zero attached hydrogens (tertiary/aromatic N) is 5. The Balaban J connectivity index is 1.74. The summed E-state index contributed by atoms with van der Waals surface area (Å²) in [6, 6.07) is 5.47. The third-order valence-corrected chi connectivity index (χ3v) is 5.30. The van der Waals surface area contributed by atoms with Crippen LogP contribution in [-0.2, 0) is 10.2 Å². The molecule has 0 fully saturated rings. The number of benzene rings is 1. The fraction of sp³-hybridized carbons (Fsp3) is 0.273. The van der Waals surface area contributed by atoms with Gasteiger partial charge in [-0.15, -0.1) is 0 Å². The fourth-order valence-electron chi connectivity index (χ4n) is 3.54. The molecule has 0 saturated heterocycles. The van der Waals surface area contributed by atoms with E-state index in [0.717, 1.165) is 22.9 Å². The molecule has 1 N–H and O–H groups in total. The van der Waals surface area contributed by atoms with Crippen molar-refractivity contribution in [2.24, 2.45) is 0 Å². The van der Waals surface area contributed by atoms with Crippen molar-refractivity contribution in [1.29, 1.82) is 0 Å². The second-order valence-electron chi connectivity index (χ2n) is 8.08. The number of nitrogens with one attached hydrogen (secondary N) is 1. The Hall–Kier alpha value is -3.89. The smallest absolute Gasteiger partial charge is 0.342 e. The number of anilines is 2. The third-order valence-electron chi connectivity index (χ3n) is 5.30. The van der Waals surface area contributed by atoms with Crippen LogP contribution in [0.25, 0.3) is 11.1 Å². The molecule has 0 bridgehead atoms. The quantitative estimate of drug-likeness (QED) is 0.645. The van der Waals surface area contributed by atoms with E-state index in [4.69, 9.17) is 0 Å². The van der Waals surface area contributed by atoms with Crippen molar-refractivity contribution in [3.05, 3.63) is 60.1 Å². The Kier molecular flexibility index (Phi) is 5.35. The topological polar surface area (TPSA) is 101 Å².